The molecule has 1 saturated heterocycles. The first-order chi connectivity index (χ1) is 8.22. The van der Waals surface area contributed by atoms with Gasteiger partial charge in [-0.05, 0) is 38.2 Å². The van der Waals surface area contributed by atoms with Gasteiger partial charge in [0.2, 0.25) is 0 Å². The SMILES string of the molecule is Cc1ccoc1C(=O)N1CCCC(CCBr)C1. The zero-order valence-electron chi connectivity index (χ0n) is 10.1. The number of halogens is 1. The average Bonchev–Trinajstić information content (AvgIpc) is 2.75. The molecule has 0 aliphatic carbocycles. The molecule has 2 rings (SSSR count). The number of aryl methyl sites for hydroxylation is 1. The predicted molar refractivity (Wildman–Crippen MR) is 70.5 cm³/mol. The van der Waals surface area contributed by atoms with Gasteiger partial charge in [0.15, 0.2) is 5.76 Å². The van der Waals surface area contributed by atoms with Crippen LogP contribution in [0, 0.1) is 12.8 Å². The van der Waals surface area contributed by atoms with Crippen LogP contribution in [0.4, 0.5) is 0 Å². The summed E-state index contributed by atoms with van der Waals surface area (Å²) in [5.74, 6) is 1.18. The van der Waals surface area contributed by atoms with Crippen LogP contribution in [0.2, 0.25) is 0 Å². The van der Waals surface area contributed by atoms with Gasteiger partial charge in [-0.2, -0.15) is 0 Å². The second kappa shape index (κ2) is 5.71. The summed E-state index contributed by atoms with van der Waals surface area (Å²) in [5.41, 5.74) is 0.928. The minimum atomic E-state index is 0.0479. The van der Waals surface area contributed by atoms with Crippen LogP contribution in [-0.4, -0.2) is 29.2 Å². The number of furan rings is 1. The van der Waals surface area contributed by atoms with Gasteiger partial charge in [0.05, 0.1) is 6.26 Å². The molecule has 1 atom stereocenters. The number of hydrogen-bond donors (Lipinski definition) is 0. The van der Waals surface area contributed by atoms with Crippen molar-refractivity contribution in [3.63, 3.8) is 0 Å². The summed E-state index contributed by atoms with van der Waals surface area (Å²) in [5, 5.41) is 1.01. The number of carbonyl (C=O) groups is 1. The van der Waals surface area contributed by atoms with Gasteiger partial charge in [0.1, 0.15) is 0 Å². The maximum absolute atomic E-state index is 12.3. The third-order valence-electron chi connectivity index (χ3n) is 3.38. The van der Waals surface area contributed by atoms with Crippen LogP contribution in [0.3, 0.4) is 0 Å². The molecule has 0 N–H and O–H groups in total. The van der Waals surface area contributed by atoms with Crippen molar-refractivity contribution >= 4 is 21.8 Å². The van der Waals surface area contributed by atoms with Crippen molar-refractivity contribution in [1.29, 1.82) is 0 Å². The normalized spacial score (nSPS) is 20.6. The zero-order chi connectivity index (χ0) is 12.3. The molecule has 1 unspecified atom stereocenters. The van der Waals surface area contributed by atoms with E-state index in [0.717, 1.165) is 36.8 Å². The summed E-state index contributed by atoms with van der Waals surface area (Å²) in [6.45, 7) is 3.64. The summed E-state index contributed by atoms with van der Waals surface area (Å²) >= 11 is 3.47. The average molecular weight is 300 g/mol. The number of rotatable bonds is 3. The van der Waals surface area contributed by atoms with Gasteiger partial charge in [-0.15, -0.1) is 0 Å². The van der Waals surface area contributed by atoms with Gasteiger partial charge >= 0.3 is 0 Å². The molecule has 17 heavy (non-hydrogen) atoms. The van der Waals surface area contributed by atoms with Crippen molar-refractivity contribution in [3.05, 3.63) is 23.7 Å². The van der Waals surface area contributed by atoms with Gasteiger partial charge in [-0.25, -0.2) is 0 Å². The number of nitrogens with zero attached hydrogens (tertiary/aromatic N) is 1. The Kier molecular flexibility index (Phi) is 4.26. The Bertz CT molecular complexity index is 387. The van der Waals surface area contributed by atoms with E-state index in [9.17, 15) is 4.79 Å². The lowest BCUT2D eigenvalue weighted by atomic mass is 9.95. The summed E-state index contributed by atoms with van der Waals surface area (Å²) in [7, 11) is 0. The van der Waals surface area contributed by atoms with Gasteiger partial charge < -0.3 is 9.32 Å². The summed E-state index contributed by atoms with van der Waals surface area (Å²) in [4.78, 5) is 14.2. The van der Waals surface area contributed by atoms with Crippen LogP contribution >= 0.6 is 15.9 Å². The molecule has 2 heterocycles. The third kappa shape index (κ3) is 2.92. The van der Waals surface area contributed by atoms with Gasteiger partial charge in [0, 0.05) is 24.0 Å². The number of likely N-dealkylation sites (tertiary alicyclic amines) is 1. The maximum Gasteiger partial charge on any atom is 0.289 e. The molecule has 3 nitrogen and oxygen atoms in total. The minimum Gasteiger partial charge on any atom is -0.459 e. The molecule has 1 aromatic heterocycles. The van der Waals surface area contributed by atoms with Crippen molar-refractivity contribution in [3.8, 4) is 0 Å². The molecule has 1 amide bonds. The van der Waals surface area contributed by atoms with E-state index in [1.54, 1.807) is 6.26 Å². The maximum atomic E-state index is 12.3. The number of hydrogen-bond acceptors (Lipinski definition) is 2. The zero-order valence-corrected chi connectivity index (χ0v) is 11.7. The van der Waals surface area contributed by atoms with E-state index in [1.807, 2.05) is 17.9 Å². The van der Waals surface area contributed by atoms with Gasteiger partial charge in [-0.1, -0.05) is 15.9 Å². The van der Waals surface area contributed by atoms with Crippen LogP contribution in [-0.2, 0) is 0 Å². The molecular weight excluding hydrogens is 282 g/mol. The fourth-order valence-electron chi connectivity index (χ4n) is 2.37. The van der Waals surface area contributed by atoms with Crippen LogP contribution < -0.4 is 0 Å². The van der Waals surface area contributed by atoms with E-state index in [4.69, 9.17) is 4.42 Å². The Morgan fingerprint density at radius 1 is 1.65 bits per heavy atom. The molecule has 1 aliphatic rings. The topological polar surface area (TPSA) is 33.5 Å². The van der Waals surface area contributed by atoms with Gasteiger partial charge in [0.25, 0.3) is 5.91 Å². The second-order valence-corrected chi connectivity index (χ2v) is 5.46. The molecule has 1 fully saturated rings. The Morgan fingerprint density at radius 3 is 3.12 bits per heavy atom. The van der Waals surface area contributed by atoms with E-state index in [1.165, 1.54) is 6.42 Å². The van der Waals surface area contributed by atoms with Crippen LogP contribution in [0.5, 0.6) is 0 Å². The standard InChI is InChI=1S/C13H18BrNO2/c1-10-5-8-17-12(10)13(16)15-7-2-3-11(9-15)4-6-14/h5,8,11H,2-4,6-7,9H2,1H3. The monoisotopic (exact) mass is 299 g/mol. The number of amides is 1. The van der Waals surface area contributed by atoms with E-state index in [2.05, 4.69) is 15.9 Å². The molecule has 1 aliphatic heterocycles. The molecule has 0 aromatic carbocycles. The van der Waals surface area contributed by atoms with Crippen molar-refractivity contribution in [2.45, 2.75) is 26.2 Å². The highest BCUT2D eigenvalue weighted by atomic mass is 79.9. The number of alkyl halides is 1. The van der Waals surface area contributed by atoms with Crippen LogP contribution in [0.1, 0.15) is 35.4 Å². The number of carbonyl (C=O) groups excluding carboxylic acids is 1. The van der Waals surface area contributed by atoms with E-state index in [-0.39, 0.29) is 5.91 Å². The lowest BCUT2D eigenvalue weighted by Crippen LogP contribution is -2.40. The molecule has 0 saturated carbocycles. The van der Waals surface area contributed by atoms with E-state index >= 15 is 0 Å². The lowest BCUT2D eigenvalue weighted by Gasteiger charge is -2.32. The fourth-order valence-corrected chi connectivity index (χ4v) is 3.02. The Labute approximate surface area is 110 Å². The molecule has 0 spiro atoms. The Balaban J connectivity index is 2.02. The molecule has 0 bridgehead atoms. The highest BCUT2D eigenvalue weighted by molar-refractivity contribution is 9.09. The Morgan fingerprint density at radius 2 is 2.47 bits per heavy atom. The second-order valence-electron chi connectivity index (χ2n) is 4.67. The quantitative estimate of drug-likeness (QED) is 0.803. The van der Waals surface area contributed by atoms with Crippen molar-refractivity contribution in [2.75, 3.05) is 18.4 Å². The first-order valence-corrected chi connectivity index (χ1v) is 7.24. The lowest BCUT2D eigenvalue weighted by molar-refractivity contribution is 0.0639. The first kappa shape index (κ1) is 12.7. The van der Waals surface area contributed by atoms with Gasteiger partial charge in [-0.3, -0.25) is 4.79 Å². The summed E-state index contributed by atoms with van der Waals surface area (Å²) in [6, 6.07) is 1.84. The molecule has 94 valence electrons. The molecule has 0 radical (unpaired) electrons. The molecular formula is C13H18BrNO2. The van der Waals surface area contributed by atoms with Crippen molar-refractivity contribution in [1.82, 2.24) is 4.90 Å². The van der Waals surface area contributed by atoms with E-state index < -0.39 is 0 Å². The Hall–Kier alpha value is -0.770. The highest BCUT2D eigenvalue weighted by Gasteiger charge is 2.26. The molecule has 1 aromatic rings. The summed E-state index contributed by atoms with van der Waals surface area (Å²) in [6.07, 6.45) is 5.05. The van der Waals surface area contributed by atoms with E-state index in [0.29, 0.717) is 11.7 Å². The molecule has 4 heteroatoms. The first-order valence-electron chi connectivity index (χ1n) is 6.11. The largest absolute Gasteiger partial charge is 0.459 e. The van der Waals surface area contributed by atoms with Crippen LogP contribution in [0.15, 0.2) is 16.7 Å². The minimum absolute atomic E-state index is 0.0479. The van der Waals surface area contributed by atoms with Crippen molar-refractivity contribution < 1.29 is 9.21 Å². The fraction of sp³-hybridized carbons (Fsp3) is 0.615. The van der Waals surface area contributed by atoms with Crippen molar-refractivity contribution in [2.24, 2.45) is 5.92 Å². The number of piperidine rings is 1. The van der Waals surface area contributed by atoms with Crippen LogP contribution in [0.25, 0.3) is 0 Å². The third-order valence-corrected chi connectivity index (χ3v) is 3.84. The highest BCUT2D eigenvalue weighted by Crippen LogP contribution is 2.22. The summed E-state index contributed by atoms with van der Waals surface area (Å²) < 4.78 is 5.27. The predicted octanol–water partition coefficient (Wildman–Crippen LogP) is 3.23. The smallest absolute Gasteiger partial charge is 0.289 e.